The van der Waals surface area contributed by atoms with Gasteiger partial charge in [0.2, 0.25) is 11.8 Å². The average Bonchev–Trinajstić information content (AvgIpc) is 3.01. The fourth-order valence-corrected chi connectivity index (χ4v) is 2.49. The molecule has 3 heterocycles. The molecule has 6 nitrogen and oxygen atoms in total. The van der Waals surface area contributed by atoms with Crippen LogP contribution in [0.4, 0.5) is 10.3 Å². The van der Waals surface area contributed by atoms with Gasteiger partial charge in [-0.3, -0.25) is 4.40 Å². The largest absolute Gasteiger partial charge is 0.479 e. The molecule has 1 atom stereocenters. The summed E-state index contributed by atoms with van der Waals surface area (Å²) >= 11 is 1.56. The molecule has 0 spiro atoms. The molecule has 1 N–H and O–H groups in total. The van der Waals surface area contributed by atoms with Crippen molar-refractivity contribution in [3.63, 3.8) is 0 Å². The first-order chi connectivity index (χ1) is 9.67. The van der Waals surface area contributed by atoms with Crippen LogP contribution in [0.1, 0.15) is 18.7 Å². The van der Waals surface area contributed by atoms with Gasteiger partial charge in [0.05, 0.1) is 25.0 Å². The van der Waals surface area contributed by atoms with E-state index in [2.05, 4.69) is 20.3 Å². The van der Waals surface area contributed by atoms with Crippen LogP contribution < -0.4 is 10.1 Å². The standard InChI is InChI=1S/C12H12FN5OS/c1-7(9-6-18-3-4-20-12(18)16-9)15-11-14-5-8(13)10(17-11)19-2/h3-7H,1-2H3,(H,14,15,17). The number of nitrogens with zero attached hydrogens (tertiary/aromatic N) is 4. The number of hydrogen-bond acceptors (Lipinski definition) is 6. The highest BCUT2D eigenvalue weighted by molar-refractivity contribution is 7.15. The summed E-state index contributed by atoms with van der Waals surface area (Å²) in [6.07, 6.45) is 4.96. The van der Waals surface area contributed by atoms with E-state index in [4.69, 9.17) is 4.74 Å². The Morgan fingerprint density at radius 1 is 1.45 bits per heavy atom. The van der Waals surface area contributed by atoms with Crippen LogP contribution in [-0.4, -0.2) is 26.5 Å². The Labute approximate surface area is 118 Å². The van der Waals surface area contributed by atoms with Crippen LogP contribution in [-0.2, 0) is 0 Å². The van der Waals surface area contributed by atoms with E-state index in [1.54, 1.807) is 11.3 Å². The van der Waals surface area contributed by atoms with Crippen LogP contribution in [0, 0.1) is 5.82 Å². The fourth-order valence-electron chi connectivity index (χ4n) is 1.79. The van der Waals surface area contributed by atoms with Crippen LogP contribution in [0.3, 0.4) is 0 Å². The Bertz CT molecular complexity index is 712. The first kappa shape index (κ1) is 12.8. The molecule has 3 aromatic heterocycles. The monoisotopic (exact) mass is 293 g/mol. The molecule has 0 saturated carbocycles. The second kappa shape index (κ2) is 5.04. The number of anilines is 1. The van der Waals surface area contributed by atoms with Crippen molar-refractivity contribution in [2.45, 2.75) is 13.0 Å². The number of thiazole rings is 1. The Kier molecular flexibility index (Phi) is 3.23. The maximum atomic E-state index is 13.2. The molecule has 0 aliphatic carbocycles. The topological polar surface area (TPSA) is 64.3 Å². The smallest absolute Gasteiger partial charge is 0.255 e. The minimum Gasteiger partial charge on any atom is -0.479 e. The molecule has 0 aromatic carbocycles. The Balaban J connectivity index is 1.81. The first-order valence-corrected chi connectivity index (χ1v) is 6.80. The minimum absolute atomic E-state index is 0.0828. The van der Waals surface area contributed by atoms with Gasteiger partial charge in [-0.05, 0) is 6.92 Å². The lowest BCUT2D eigenvalue weighted by molar-refractivity contribution is 0.367. The fraction of sp³-hybridized carbons (Fsp3) is 0.250. The van der Waals surface area contributed by atoms with Crippen molar-refractivity contribution in [2.75, 3.05) is 12.4 Å². The molecule has 3 rings (SSSR count). The van der Waals surface area contributed by atoms with Gasteiger partial charge in [0, 0.05) is 17.8 Å². The van der Waals surface area contributed by atoms with Crippen LogP contribution in [0.2, 0.25) is 0 Å². The van der Waals surface area contributed by atoms with Gasteiger partial charge < -0.3 is 10.1 Å². The number of methoxy groups -OCH3 is 1. The third kappa shape index (κ3) is 2.29. The van der Waals surface area contributed by atoms with Crippen molar-refractivity contribution >= 4 is 22.2 Å². The van der Waals surface area contributed by atoms with Crippen LogP contribution in [0.5, 0.6) is 5.88 Å². The number of hydrogen-bond donors (Lipinski definition) is 1. The van der Waals surface area contributed by atoms with Crippen LogP contribution in [0.15, 0.2) is 24.0 Å². The molecule has 0 radical (unpaired) electrons. The molecule has 104 valence electrons. The van der Waals surface area contributed by atoms with Crippen molar-refractivity contribution in [3.05, 3.63) is 35.5 Å². The summed E-state index contributed by atoms with van der Waals surface area (Å²) in [6.45, 7) is 1.94. The number of rotatable bonds is 4. The van der Waals surface area contributed by atoms with E-state index >= 15 is 0 Å². The molecule has 0 fully saturated rings. The second-order valence-electron chi connectivity index (χ2n) is 4.18. The number of halogens is 1. The summed E-state index contributed by atoms with van der Waals surface area (Å²) in [7, 11) is 1.36. The molecule has 0 amide bonds. The van der Waals surface area contributed by atoms with Crippen LogP contribution >= 0.6 is 11.3 Å². The number of fused-ring (bicyclic) bond motifs is 1. The highest BCUT2D eigenvalue weighted by atomic mass is 32.1. The molecule has 0 aliphatic rings. The summed E-state index contributed by atoms with van der Waals surface area (Å²) in [6, 6.07) is -0.0998. The van der Waals surface area contributed by atoms with E-state index in [1.807, 2.05) is 29.1 Å². The lowest BCUT2D eigenvalue weighted by Gasteiger charge is -2.11. The van der Waals surface area contributed by atoms with Crippen molar-refractivity contribution in [1.82, 2.24) is 19.4 Å². The van der Waals surface area contributed by atoms with Gasteiger partial charge >= 0.3 is 0 Å². The number of aromatic nitrogens is 4. The molecule has 8 heteroatoms. The van der Waals surface area contributed by atoms with E-state index in [1.165, 1.54) is 7.11 Å². The lowest BCUT2D eigenvalue weighted by Crippen LogP contribution is -2.10. The summed E-state index contributed by atoms with van der Waals surface area (Å²) in [5, 5.41) is 5.04. The summed E-state index contributed by atoms with van der Waals surface area (Å²) in [4.78, 5) is 13.2. The minimum atomic E-state index is -0.590. The van der Waals surface area contributed by atoms with Crippen LogP contribution in [0.25, 0.3) is 4.96 Å². The van der Waals surface area contributed by atoms with E-state index < -0.39 is 5.82 Å². The molecule has 0 bridgehead atoms. The maximum Gasteiger partial charge on any atom is 0.255 e. The van der Waals surface area contributed by atoms with Gasteiger partial charge in [-0.2, -0.15) is 9.37 Å². The summed E-state index contributed by atoms with van der Waals surface area (Å²) in [5.74, 6) is -0.374. The summed E-state index contributed by atoms with van der Waals surface area (Å²) < 4.78 is 20.0. The van der Waals surface area contributed by atoms with E-state index in [0.29, 0.717) is 5.95 Å². The SMILES string of the molecule is COc1nc(NC(C)c2cn3ccsc3n2)ncc1F. The average molecular weight is 293 g/mol. The normalized spacial score (nSPS) is 12.6. The Morgan fingerprint density at radius 2 is 2.30 bits per heavy atom. The van der Waals surface area contributed by atoms with E-state index in [0.717, 1.165) is 16.9 Å². The number of ether oxygens (including phenoxy) is 1. The number of nitrogens with one attached hydrogen (secondary N) is 1. The lowest BCUT2D eigenvalue weighted by atomic mass is 10.2. The quantitative estimate of drug-likeness (QED) is 0.800. The second-order valence-corrected chi connectivity index (χ2v) is 5.05. The first-order valence-electron chi connectivity index (χ1n) is 5.92. The predicted molar refractivity (Wildman–Crippen MR) is 73.6 cm³/mol. The summed E-state index contributed by atoms with van der Waals surface area (Å²) in [5.41, 5.74) is 0.865. The van der Waals surface area contributed by atoms with Gasteiger partial charge in [-0.25, -0.2) is 9.97 Å². The zero-order valence-electron chi connectivity index (χ0n) is 10.9. The molecular weight excluding hydrogens is 281 g/mol. The van der Waals surface area contributed by atoms with Crippen molar-refractivity contribution in [3.8, 4) is 5.88 Å². The Morgan fingerprint density at radius 3 is 3.05 bits per heavy atom. The van der Waals surface area contributed by atoms with Gasteiger partial charge in [-0.15, -0.1) is 11.3 Å². The predicted octanol–water partition coefficient (Wildman–Crippen LogP) is 2.51. The van der Waals surface area contributed by atoms with Gasteiger partial charge in [0.25, 0.3) is 5.88 Å². The molecule has 20 heavy (non-hydrogen) atoms. The van der Waals surface area contributed by atoms with E-state index in [-0.39, 0.29) is 11.9 Å². The molecule has 0 saturated heterocycles. The maximum absolute atomic E-state index is 13.2. The third-order valence-corrected chi connectivity index (χ3v) is 3.58. The van der Waals surface area contributed by atoms with E-state index in [9.17, 15) is 4.39 Å². The van der Waals surface area contributed by atoms with Crippen molar-refractivity contribution < 1.29 is 9.13 Å². The van der Waals surface area contributed by atoms with Gasteiger partial charge in [0.15, 0.2) is 4.96 Å². The molecule has 3 aromatic rings. The molecular formula is C12H12FN5OS. The highest BCUT2D eigenvalue weighted by Crippen LogP contribution is 2.21. The highest BCUT2D eigenvalue weighted by Gasteiger charge is 2.13. The van der Waals surface area contributed by atoms with Gasteiger partial charge in [-0.1, -0.05) is 0 Å². The van der Waals surface area contributed by atoms with Crippen molar-refractivity contribution in [2.24, 2.45) is 0 Å². The zero-order chi connectivity index (χ0) is 14.1. The molecule has 1 unspecified atom stereocenters. The van der Waals surface area contributed by atoms with Gasteiger partial charge in [0.1, 0.15) is 0 Å². The molecule has 0 aliphatic heterocycles. The Hall–Kier alpha value is -2.22. The third-order valence-electron chi connectivity index (χ3n) is 2.81. The zero-order valence-corrected chi connectivity index (χ0v) is 11.7. The number of imidazole rings is 1. The van der Waals surface area contributed by atoms with Crippen molar-refractivity contribution in [1.29, 1.82) is 0 Å².